The first kappa shape index (κ1) is 21.0. The summed E-state index contributed by atoms with van der Waals surface area (Å²) in [6, 6.07) is 5.72. The molecule has 0 aliphatic heterocycles. The Morgan fingerprint density at radius 3 is 2.08 bits per heavy atom. The molecule has 0 aliphatic carbocycles. The van der Waals surface area contributed by atoms with Crippen molar-refractivity contribution in [3.05, 3.63) is 35.4 Å². The van der Waals surface area contributed by atoms with Crippen molar-refractivity contribution >= 4 is 17.5 Å². The zero-order valence-electron chi connectivity index (χ0n) is 15.2. The maximum Gasteiger partial charge on any atom is 0.377 e. The van der Waals surface area contributed by atoms with Gasteiger partial charge in [0.05, 0.1) is 0 Å². The predicted molar refractivity (Wildman–Crippen MR) is 95.8 cm³/mol. The quantitative estimate of drug-likeness (QED) is 0.469. The first-order valence-electron chi connectivity index (χ1n) is 8.83. The van der Waals surface area contributed by atoms with Gasteiger partial charge in [-0.3, -0.25) is 9.59 Å². The summed E-state index contributed by atoms with van der Waals surface area (Å²) in [6.07, 6.45) is 3.12. The Kier molecular flexibility index (Phi) is 8.49. The molecule has 0 saturated heterocycles. The molecule has 1 rings (SSSR count). The van der Waals surface area contributed by atoms with Gasteiger partial charge in [-0.25, -0.2) is 4.79 Å². The number of benzene rings is 1. The Bertz CT molecular complexity index is 606. The van der Waals surface area contributed by atoms with Crippen molar-refractivity contribution in [2.75, 3.05) is 0 Å². The molecular weight excluding hydrogens is 320 g/mol. The molecule has 0 spiro atoms. The van der Waals surface area contributed by atoms with E-state index in [1.807, 2.05) is 0 Å². The third-order valence-corrected chi connectivity index (χ3v) is 4.35. The van der Waals surface area contributed by atoms with Crippen LogP contribution >= 0.6 is 0 Å². The number of carboxylic acid groups (broad SMARTS) is 1. The van der Waals surface area contributed by atoms with Gasteiger partial charge in [-0.1, -0.05) is 64.3 Å². The molecular formula is C20H28O5. The van der Waals surface area contributed by atoms with Crippen molar-refractivity contribution in [1.29, 1.82) is 0 Å². The van der Waals surface area contributed by atoms with Crippen molar-refractivity contribution in [1.82, 2.24) is 0 Å². The lowest BCUT2D eigenvalue weighted by Crippen LogP contribution is -2.25. The minimum Gasteiger partial charge on any atom is -0.475 e. The van der Waals surface area contributed by atoms with Gasteiger partial charge in [-0.2, -0.15) is 0 Å². The number of Topliss-reactive ketones (excluding diaryl/α,β-unsaturated/α-hetero) is 2. The number of hydrogen-bond donors (Lipinski definition) is 2. The molecule has 0 bridgehead atoms. The lowest BCUT2D eigenvalue weighted by atomic mass is 9.91. The molecule has 0 aromatic heterocycles. The molecule has 25 heavy (non-hydrogen) atoms. The summed E-state index contributed by atoms with van der Waals surface area (Å²) in [6.45, 7) is 6.46. The standard InChI is InChI=1S/C20H28O5/c1-13(2)7-6-8-14(3)11-12-17(21)18(22)15-9-4-5-10-16(15)19(23)20(24)25/h4-5,9-10,13-14,17,21H,6-8,11-12H2,1-3H3,(H,24,25). The van der Waals surface area contributed by atoms with Gasteiger partial charge in [0.2, 0.25) is 0 Å². The highest BCUT2D eigenvalue weighted by Gasteiger charge is 2.25. The molecule has 0 aliphatic rings. The fourth-order valence-corrected chi connectivity index (χ4v) is 2.78. The highest BCUT2D eigenvalue weighted by atomic mass is 16.4. The van der Waals surface area contributed by atoms with Crippen LogP contribution in [0, 0.1) is 11.8 Å². The van der Waals surface area contributed by atoms with Crippen LogP contribution in [-0.4, -0.2) is 33.9 Å². The normalized spacial score (nSPS) is 13.5. The van der Waals surface area contributed by atoms with Crippen LogP contribution < -0.4 is 0 Å². The summed E-state index contributed by atoms with van der Waals surface area (Å²) in [5.41, 5.74) is -0.209. The monoisotopic (exact) mass is 348 g/mol. The first-order valence-corrected chi connectivity index (χ1v) is 8.83. The van der Waals surface area contributed by atoms with E-state index in [1.165, 1.54) is 18.2 Å². The highest BCUT2D eigenvalue weighted by molar-refractivity contribution is 6.41. The SMILES string of the molecule is CC(C)CCCC(C)CCC(O)C(=O)c1ccccc1C(=O)C(=O)O. The van der Waals surface area contributed by atoms with Crippen LogP contribution in [-0.2, 0) is 4.79 Å². The largest absolute Gasteiger partial charge is 0.475 e. The van der Waals surface area contributed by atoms with E-state index in [0.717, 1.165) is 19.3 Å². The summed E-state index contributed by atoms with van der Waals surface area (Å²) in [7, 11) is 0. The number of carbonyl (C=O) groups is 3. The minimum absolute atomic E-state index is 0.0325. The Labute approximate surface area is 149 Å². The molecule has 2 N–H and O–H groups in total. The molecule has 0 fully saturated rings. The average Bonchev–Trinajstić information content (AvgIpc) is 2.57. The van der Waals surface area contributed by atoms with E-state index in [4.69, 9.17) is 5.11 Å². The third-order valence-electron chi connectivity index (χ3n) is 4.35. The number of aliphatic hydroxyl groups is 1. The molecule has 5 heteroatoms. The van der Waals surface area contributed by atoms with E-state index in [9.17, 15) is 19.5 Å². The van der Waals surface area contributed by atoms with Gasteiger partial charge < -0.3 is 10.2 Å². The lowest BCUT2D eigenvalue weighted by molar-refractivity contribution is -0.131. The lowest BCUT2D eigenvalue weighted by Gasteiger charge is -2.15. The Morgan fingerprint density at radius 2 is 1.52 bits per heavy atom. The predicted octanol–water partition coefficient (Wildman–Crippen LogP) is 3.74. The van der Waals surface area contributed by atoms with Crippen LogP contribution in [0.25, 0.3) is 0 Å². The summed E-state index contributed by atoms with van der Waals surface area (Å²) in [4.78, 5) is 35.0. The van der Waals surface area contributed by atoms with E-state index in [0.29, 0.717) is 24.7 Å². The van der Waals surface area contributed by atoms with Crippen LogP contribution in [0.15, 0.2) is 24.3 Å². The number of hydrogen-bond acceptors (Lipinski definition) is 4. The van der Waals surface area contributed by atoms with Crippen LogP contribution in [0.4, 0.5) is 0 Å². The minimum atomic E-state index is -1.62. The topological polar surface area (TPSA) is 91.7 Å². The van der Waals surface area contributed by atoms with Gasteiger partial charge in [0, 0.05) is 11.1 Å². The number of aliphatic hydroxyl groups excluding tert-OH is 1. The maximum atomic E-state index is 12.4. The van der Waals surface area contributed by atoms with Gasteiger partial charge in [0.15, 0.2) is 5.78 Å². The van der Waals surface area contributed by atoms with Crippen LogP contribution in [0.2, 0.25) is 0 Å². The van der Waals surface area contributed by atoms with Crippen molar-refractivity contribution in [3.63, 3.8) is 0 Å². The molecule has 0 saturated carbocycles. The number of carbonyl (C=O) groups excluding carboxylic acids is 2. The fraction of sp³-hybridized carbons (Fsp3) is 0.550. The second-order valence-corrected chi connectivity index (χ2v) is 7.07. The summed E-state index contributed by atoms with van der Waals surface area (Å²) in [5.74, 6) is -2.29. The molecule has 5 nitrogen and oxygen atoms in total. The highest BCUT2D eigenvalue weighted by Crippen LogP contribution is 2.20. The molecule has 2 atom stereocenters. The number of ketones is 2. The van der Waals surface area contributed by atoms with Crippen LogP contribution in [0.1, 0.15) is 73.6 Å². The third kappa shape index (κ3) is 6.78. The number of aliphatic carboxylic acids is 1. The zero-order valence-corrected chi connectivity index (χ0v) is 15.2. The Morgan fingerprint density at radius 1 is 0.920 bits per heavy atom. The van der Waals surface area contributed by atoms with Gasteiger partial charge in [-0.15, -0.1) is 0 Å². The van der Waals surface area contributed by atoms with Crippen molar-refractivity contribution in [2.24, 2.45) is 11.8 Å². The van der Waals surface area contributed by atoms with E-state index < -0.39 is 23.6 Å². The van der Waals surface area contributed by atoms with Crippen molar-refractivity contribution in [2.45, 2.75) is 59.0 Å². The van der Waals surface area contributed by atoms with E-state index in [2.05, 4.69) is 20.8 Å². The maximum absolute atomic E-state index is 12.4. The average molecular weight is 348 g/mol. The van der Waals surface area contributed by atoms with E-state index in [1.54, 1.807) is 6.07 Å². The number of rotatable bonds is 11. The molecule has 1 aromatic carbocycles. The van der Waals surface area contributed by atoms with Gasteiger partial charge >= 0.3 is 5.97 Å². The van der Waals surface area contributed by atoms with Crippen LogP contribution in [0.3, 0.4) is 0 Å². The molecule has 2 unspecified atom stereocenters. The summed E-state index contributed by atoms with van der Waals surface area (Å²) in [5, 5.41) is 19.0. The first-order chi connectivity index (χ1) is 11.7. The number of carboxylic acids is 1. The second-order valence-electron chi connectivity index (χ2n) is 7.07. The molecule has 0 radical (unpaired) electrons. The summed E-state index contributed by atoms with van der Waals surface area (Å²) >= 11 is 0. The Hall–Kier alpha value is -2.01. The smallest absolute Gasteiger partial charge is 0.377 e. The summed E-state index contributed by atoms with van der Waals surface area (Å²) < 4.78 is 0. The van der Waals surface area contributed by atoms with Crippen molar-refractivity contribution < 1.29 is 24.6 Å². The second kappa shape index (κ2) is 10.1. The van der Waals surface area contributed by atoms with Gasteiger partial charge in [0.1, 0.15) is 6.10 Å². The van der Waals surface area contributed by atoms with Gasteiger partial charge in [-0.05, 0) is 24.7 Å². The molecule has 0 amide bonds. The van der Waals surface area contributed by atoms with E-state index >= 15 is 0 Å². The molecule has 0 heterocycles. The van der Waals surface area contributed by atoms with Crippen LogP contribution in [0.5, 0.6) is 0 Å². The zero-order chi connectivity index (χ0) is 19.0. The van der Waals surface area contributed by atoms with Gasteiger partial charge in [0.25, 0.3) is 5.78 Å². The molecule has 1 aromatic rings. The fourth-order valence-electron chi connectivity index (χ4n) is 2.78. The Balaban J connectivity index is 2.65. The van der Waals surface area contributed by atoms with Crippen molar-refractivity contribution in [3.8, 4) is 0 Å². The molecule has 138 valence electrons. The van der Waals surface area contributed by atoms with E-state index in [-0.39, 0.29) is 11.1 Å².